The molecular weight excluding hydrogens is 250 g/mol. The number of nitrogens with zero attached hydrogens (tertiary/aromatic N) is 1. The number of para-hydroxylation sites is 1. The van der Waals surface area contributed by atoms with Crippen LogP contribution in [0.5, 0.6) is 0 Å². The predicted octanol–water partition coefficient (Wildman–Crippen LogP) is 2.93. The van der Waals surface area contributed by atoms with E-state index < -0.39 is 0 Å². The van der Waals surface area contributed by atoms with Gasteiger partial charge >= 0.3 is 6.03 Å². The fourth-order valence-electron chi connectivity index (χ4n) is 2.62. The molecule has 0 saturated carbocycles. The molecule has 0 aliphatic carbocycles. The molecule has 1 unspecified atom stereocenters. The van der Waals surface area contributed by atoms with E-state index in [1.807, 2.05) is 35.2 Å². The molecule has 20 heavy (non-hydrogen) atoms. The zero-order chi connectivity index (χ0) is 14.8. The van der Waals surface area contributed by atoms with Gasteiger partial charge in [0.05, 0.1) is 0 Å². The molecule has 0 spiro atoms. The Hall–Kier alpha value is -1.55. The molecule has 1 atom stereocenters. The molecule has 1 saturated heterocycles. The van der Waals surface area contributed by atoms with Crippen LogP contribution in [-0.2, 0) is 0 Å². The van der Waals surface area contributed by atoms with E-state index in [1.54, 1.807) is 0 Å². The minimum Gasteiger partial charge on any atom is -0.318 e. The Kier molecular flexibility index (Phi) is 4.33. The van der Waals surface area contributed by atoms with Crippen molar-refractivity contribution in [1.82, 2.24) is 10.2 Å². The lowest BCUT2D eigenvalue weighted by Crippen LogP contribution is -2.64. The van der Waals surface area contributed by atoms with E-state index in [2.05, 4.69) is 38.3 Å². The van der Waals surface area contributed by atoms with Crippen molar-refractivity contribution < 1.29 is 4.79 Å². The molecule has 1 fully saturated rings. The fraction of sp³-hybridized carbons (Fsp3) is 0.562. The van der Waals surface area contributed by atoms with Crippen molar-refractivity contribution in [2.45, 2.75) is 39.3 Å². The maximum absolute atomic E-state index is 12.6. The molecular formula is C16H25N3O. The van der Waals surface area contributed by atoms with Gasteiger partial charge in [0.1, 0.15) is 0 Å². The van der Waals surface area contributed by atoms with Gasteiger partial charge in [-0.15, -0.1) is 0 Å². The first-order chi connectivity index (χ1) is 9.39. The van der Waals surface area contributed by atoms with Crippen LogP contribution in [0.4, 0.5) is 10.5 Å². The minimum atomic E-state index is -0.0422. The van der Waals surface area contributed by atoms with Crippen LogP contribution in [0.1, 0.15) is 27.7 Å². The molecule has 2 amide bonds. The van der Waals surface area contributed by atoms with Gasteiger partial charge in [-0.2, -0.15) is 0 Å². The lowest BCUT2D eigenvalue weighted by Gasteiger charge is -2.46. The number of amides is 2. The van der Waals surface area contributed by atoms with Crippen molar-refractivity contribution in [3.8, 4) is 0 Å². The quantitative estimate of drug-likeness (QED) is 0.871. The highest BCUT2D eigenvalue weighted by Crippen LogP contribution is 2.21. The van der Waals surface area contributed by atoms with Crippen molar-refractivity contribution in [1.29, 1.82) is 0 Å². The molecule has 4 nitrogen and oxygen atoms in total. The molecule has 4 heteroatoms. The van der Waals surface area contributed by atoms with Crippen molar-refractivity contribution in [2.24, 2.45) is 5.92 Å². The Balaban J connectivity index is 2.11. The summed E-state index contributed by atoms with van der Waals surface area (Å²) in [5, 5.41) is 6.51. The smallest absolute Gasteiger partial charge is 0.318 e. The molecule has 1 aliphatic heterocycles. The van der Waals surface area contributed by atoms with Gasteiger partial charge < -0.3 is 15.5 Å². The van der Waals surface area contributed by atoms with E-state index in [9.17, 15) is 4.79 Å². The number of hydrogen-bond donors (Lipinski definition) is 2. The summed E-state index contributed by atoms with van der Waals surface area (Å²) in [4.78, 5) is 14.5. The predicted molar refractivity (Wildman–Crippen MR) is 82.9 cm³/mol. The second-order valence-electron chi connectivity index (χ2n) is 6.50. The Morgan fingerprint density at radius 1 is 1.35 bits per heavy atom. The Bertz CT molecular complexity index is 456. The van der Waals surface area contributed by atoms with Crippen molar-refractivity contribution in [2.75, 3.05) is 18.4 Å². The normalized spacial score (nSPS) is 21.9. The van der Waals surface area contributed by atoms with Crippen LogP contribution in [-0.4, -0.2) is 35.6 Å². The number of benzene rings is 1. The molecule has 0 radical (unpaired) electrons. The Morgan fingerprint density at radius 2 is 2.00 bits per heavy atom. The molecule has 1 aromatic carbocycles. The van der Waals surface area contributed by atoms with E-state index in [1.165, 1.54) is 0 Å². The lowest BCUT2D eigenvalue weighted by atomic mass is 9.93. The molecule has 0 aromatic heterocycles. The molecule has 2 N–H and O–H groups in total. The van der Waals surface area contributed by atoms with Gasteiger partial charge in [-0.05, 0) is 31.9 Å². The summed E-state index contributed by atoms with van der Waals surface area (Å²) < 4.78 is 0. The average molecular weight is 275 g/mol. The highest BCUT2D eigenvalue weighted by Gasteiger charge is 2.36. The van der Waals surface area contributed by atoms with Crippen LogP contribution in [0.15, 0.2) is 30.3 Å². The summed E-state index contributed by atoms with van der Waals surface area (Å²) >= 11 is 0. The van der Waals surface area contributed by atoms with E-state index in [4.69, 9.17) is 0 Å². The van der Waals surface area contributed by atoms with Crippen LogP contribution in [0.3, 0.4) is 0 Å². The molecule has 1 heterocycles. The van der Waals surface area contributed by atoms with E-state index >= 15 is 0 Å². The molecule has 110 valence electrons. The van der Waals surface area contributed by atoms with E-state index in [0.717, 1.165) is 12.2 Å². The fourth-order valence-corrected chi connectivity index (χ4v) is 2.62. The van der Waals surface area contributed by atoms with Gasteiger partial charge in [-0.25, -0.2) is 4.79 Å². The van der Waals surface area contributed by atoms with E-state index in [-0.39, 0.29) is 17.6 Å². The number of nitrogens with one attached hydrogen (secondary N) is 2. The number of hydrogen-bond acceptors (Lipinski definition) is 2. The monoisotopic (exact) mass is 275 g/mol. The largest absolute Gasteiger partial charge is 0.322 e. The number of urea groups is 1. The van der Waals surface area contributed by atoms with Gasteiger partial charge in [-0.3, -0.25) is 0 Å². The standard InChI is InChI=1S/C16H25N3O/c1-12(2)14-10-17-16(3,4)11-19(14)15(20)18-13-8-6-5-7-9-13/h5-9,12,14,17H,10-11H2,1-4H3,(H,18,20). The van der Waals surface area contributed by atoms with Crippen LogP contribution in [0.25, 0.3) is 0 Å². The lowest BCUT2D eigenvalue weighted by molar-refractivity contribution is 0.0999. The van der Waals surface area contributed by atoms with E-state index in [0.29, 0.717) is 12.5 Å². The Morgan fingerprint density at radius 3 is 2.60 bits per heavy atom. The molecule has 2 rings (SSSR count). The maximum Gasteiger partial charge on any atom is 0.322 e. The van der Waals surface area contributed by atoms with Crippen LogP contribution < -0.4 is 10.6 Å². The summed E-state index contributed by atoms with van der Waals surface area (Å²) in [6, 6.07) is 9.84. The zero-order valence-electron chi connectivity index (χ0n) is 12.8. The highest BCUT2D eigenvalue weighted by atomic mass is 16.2. The molecule has 1 aromatic rings. The van der Waals surface area contributed by atoms with Crippen LogP contribution >= 0.6 is 0 Å². The van der Waals surface area contributed by atoms with Crippen molar-refractivity contribution in [3.05, 3.63) is 30.3 Å². The van der Waals surface area contributed by atoms with Gasteiger partial charge in [-0.1, -0.05) is 32.0 Å². The molecule has 0 bridgehead atoms. The first kappa shape index (κ1) is 14.9. The summed E-state index contributed by atoms with van der Waals surface area (Å²) in [6.45, 7) is 10.1. The van der Waals surface area contributed by atoms with Crippen LogP contribution in [0, 0.1) is 5.92 Å². The summed E-state index contributed by atoms with van der Waals surface area (Å²) in [5.41, 5.74) is 0.802. The van der Waals surface area contributed by atoms with Gasteiger partial charge in [0.15, 0.2) is 0 Å². The summed E-state index contributed by atoms with van der Waals surface area (Å²) in [7, 11) is 0. The third-order valence-corrected chi connectivity index (χ3v) is 3.81. The average Bonchev–Trinajstić information content (AvgIpc) is 2.38. The third-order valence-electron chi connectivity index (χ3n) is 3.81. The maximum atomic E-state index is 12.6. The second kappa shape index (κ2) is 5.83. The van der Waals surface area contributed by atoms with Crippen molar-refractivity contribution in [3.63, 3.8) is 0 Å². The van der Waals surface area contributed by atoms with Gasteiger partial charge in [0.2, 0.25) is 0 Å². The number of piperazine rings is 1. The highest BCUT2D eigenvalue weighted by molar-refractivity contribution is 5.89. The third kappa shape index (κ3) is 3.51. The SMILES string of the molecule is CC(C)C1CNC(C)(C)CN1C(=O)Nc1ccccc1. The topological polar surface area (TPSA) is 44.4 Å². The minimum absolute atomic E-state index is 0.00975. The number of carbonyl (C=O) groups excluding carboxylic acids is 1. The van der Waals surface area contributed by atoms with Crippen molar-refractivity contribution >= 4 is 11.7 Å². The number of rotatable bonds is 2. The first-order valence-electron chi connectivity index (χ1n) is 7.27. The molecule has 1 aliphatic rings. The second-order valence-corrected chi connectivity index (χ2v) is 6.50. The number of carbonyl (C=O) groups is 1. The Labute approximate surface area is 121 Å². The van der Waals surface area contributed by atoms with Gasteiger partial charge in [0.25, 0.3) is 0 Å². The van der Waals surface area contributed by atoms with Crippen LogP contribution in [0.2, 0.25) is 0 Å². The van der Waals surface area contributed by atoms with Gasteiger partial charge in [0, 0.05) is 30.4 Å². The summed E-state index contributed by atoms with van der Waals surface area (Å²) in [5.74, 6) is 0.431. The first-order valence-corrected chi connectivity index (χ1v) is 7.27. The zero-order valence-corrected chi connectivity index (χ0v) is 12.8. The summed E-state index contributed by atoms with van der Waals surface area (Å²) in [6.07, 6.45) is 0. The number of anilines is 1.